The van der Waals surface area contributed by atoms with Crippen molar-refractivity contribution in [3.05, 3.63) is 91.9 Å². The lowest BCUT2D eigenvalue weighted by molar-refractivity contribution is -0.116. The lowest BCUT2D eigenvalue weighted by Gasteiger charge is -2.22. The molecule has 0 atom stereocenters. The van der Waals surface area contributed by atoms with Gasteiger partial charge in [0, 0.05) is 12.2 Å². The van der Waals surface area contributed by atoms with Gasteiger partial charge in [0.15, 0.2) is 0 Å². The van der Waals surface area contributed by atoms with Crippen LogP contribution in [0, 0.1) is 6.92 Å². The Bertz CT molecular complexity index is 1250. The summed E-state index contributed by atoms with van der Waals surface area (Å²) in [4.78, 5) is 12.8. The van der Waals surface area contributed by atoms with E-state index < -0.39 is 22.5 Å². The van der Waals surface area contributed by atoms with Gasteiger partial charge < -0.3 is 5.32 Å². The van der Waals surface area contributed by atoms with Crippen LogP contribution in [-0.4, -0.2) is 25.2 Å². The second-order valence-corrected chi connectivity index (χ2v) is 10.6. The molecule has 0 bridgehead atoms. The van der Waals surface area contributed by atoms with E-state index in [2.05, 4.69) is 5.32 Å². The lowest BCUT2D eigenvalue weighted by atomic mass is 10.2. The summed E-state index contributed by atoms with van der Waals surface area (Å²) in [6, 6.07) is 15.8. The Morgan fingerprint density at radius 1 is 0.844 bits per heavy atom. The number of nitrogens with zero attached hydrogens (tertiary/aromatic N) is 1. The molecule has 1 amide bonds. The number of halogens is 4. The average Bonchev–Trinajstić information content (AvgIpc) is 2.73. The van der Waals surface area contributed by atoms with Crippen LogP contribution < -0.4 is 5.32 Å². The van der Waals surface area contributed by atoms with Crippen LogP contribution in [0.1, 0.15) is 11.1 Å². The Kier molecular flexibility index (Phi) is 8.09. The molecule has 0 saturated heterocycles. The number of anilines is 1. The Labute approximate surface area is 206 Å². The fourth-order valence-corrected chi connectivity index (χ4v) is 4.86. The van der Waals surface area contributed by atoms with Crippen molar-refractivity contribution in [2.24, 2.45) is 0 Å². The highest BCUT2D eigenvalue weighted by atomic mass is 35.5. The summed E-state index contributed by atoms with van der Waals surface area (Å²) in [5.41, 5.74) is 1.89. The highest BCUT2D eigenvalue weighted by Crippen LogP contribution is 2.27. The molecular weight excluding hydrogens is 514 g/mol. The predicted molar refractivity (Wildman–Crippen MR) is 130 cm³/mol. The first-order valence-electron chi connectivity index (χ1n) is 9.32. The van der Waals surface area contributed by atoms with Crippen molar-refractivity contribution < 1.29 is 13.2 Å². The lowest BCUT2D eigenvalue weighted by Crippen LogP contribution is -2.37. The molecule has 0 spiro atoms. The third kappa shape index (κ3) is 6.16. The first-order valence-corrected chi connectivity index (χ1v) is 12.3. The zero-order valence-corrected chi connectivity index (χ0v) is 20.6. The molecule has 0 aromatic heterocycles. The van der Waals surface area contributed by atoms with Crippen molar-refractivity contribution in [1.82, 2.24) is 4.31 Å². The van der Waals surface area contributed by atoms with Crippen molar-refractivity contribution in [2.75, 3.05) is 11.9 Å². The smallest absolute Gasteiger partial charge is 0.243 e. The van der Waals surface area contributed by atoms with Gasteiger partial charge in [-0.2, -0.15) is 4.31 Å². The van der Waals surface area contributed by atoms with E-state index in [9.17, 15) is 13.2 Å². The fraction of sp³-hybridized carbons (Fsp3) is 0.136. The molecule has 0 aliphatic carbocycles. The minimum atomic E-state index is -3.99. The van der Waals surface area contributed by atoms with Gasteiger partial charge >= 0.3 is 0 Å². The van der Waals surface area contributed by atoms with E-state index in [0.717, 1.165) is 9.87 Å². The normalized spacial score (nSPS) is 11.6. The predicted octanol–water partition coefficient (Wildman–Crippen LogP) is 6.44. The summed E-state index contributed by atoms with van der Waals surface area (Å²) in [6.07, 6.45) is 0. The SMILES string of the molecule is Cc1ccc(S(=O)(=O)N(CC(=O)Nc2ccc(Cl)c(Cl)c2)Cc2ccc(Cl)c(Cl)c2)cc1. The first kappa shape index (κ1) is 24.8. The third-order valence-electron chi connectivity index (χ3n) is 4.53. The van der Waals surface area contributed by atoms with Crippen LogP contribution in [0.4, 0.5) is 5.69 Å². The number of hydrogen-bond acceptors (Lipinski definition) is 3. The van der Waals surface area contributed by atoms with Gasteiger partial charge in [0.05, 0.1) is 31.5 Å². The minimum absolute atomic E-state index is 0.0745. The molecule has 0 saturated carbocycles. The van der Waals surface area contributed by atoms with Gasteiger partial charge in [0.1, 0.15) is 0 Å². The van der Waals surface area contributed by atoms with E-state index in [1.807, 2.05) is 6.92 Å². The summed E-state index contributed by atoms with van der Waals surface area (Å²) in [5.74, 6) is -0.542. The number of benzene rings is 3. The number of rotatable bonds is 7. The van der Waals surface area contributed by atoms with Crippen molar-refractivity contribution in [3.63, 3.8) is 0 Å². The fourth-order valence-electron chi connectivity index (χ4n) is 2.86. The van der Waals surface area contributed by atoms with E-state index in [-0.39, 0.29) is 21.5 Å². The van der Waals surface area contributed by atoms with Crippen molar-refractivity contribution in [2.45, 2.75) is 18.4 Å². The van der Waals surface area contributed by atoms with E-state index in [1.165, 1.54) is 24.3 Å². The number of carbonyl (C=O) groups excluding carboxylic acids is 1. The molecule has 168 valence electrons. The maximum absolute atomic E-state index is 13.3. The van der Waals surface area contributed by atoms with Gasteiger partial charge in [-0.3, -0.25) is 4.79 Å². The number of hydrogen-bond donors (Lipinski definition) is 1. The topological polar surface area (TPSA) is 66.5 Å². The van der Waals surface area contributed by atoms with Gasteiger partial charge in [-0.1, -0.05) is 70.2 Å². The highest BCUT2D eigenvalue weighted by Gasteiger charge is 2.27. The maximum atomic E-state index is 13.3. The van der Waals surface area contributed by atoms with Gasteiger partial charge in [0.25, 0.3) is 0 Å². The molecule has 1 N–H and O–H groups in total. The molecule has 3 aromatic rings. The molecule has 10 heteroatoms. The Morgan fingerprint density at radius 2 is 1.44 bits per heavy atom. The summed E-state index contributed by atoms with van der Waals surface area (Å²) in [7, 11) is -3.99. The molecule has 3 aromatic carbocycles. The molecule has 0 aliphatic rings. The Morgan fingerprint density at radius 3 is 2.03 bits per heavy atom. The van der Waals surface area contributed by atoms with E-state index in [1.54, 1.807) is 36.4 Å². The first-order chi connectivity index (χ1) is 15.1. The average molecular weight is 532 g/mol. The van der Waals surface area contributed by atoms with E-state index in [0.29, 0.717) is 21.3 Å². The summed E-state index contributed by atoms with van der Waals surface area (Å²) < 4.78 is 27.7. The zero-order valence-electron chi connectivity index (χ0n) is 16.8. The summed E-state index contributed by atoms with van der Waals surface area (Å²) in [6.45, 7) is 1.34. The Hall–Kier alpha value is -1.80. The van der Waals surface area contributed by atoms with Crippen molar-refractivity contribution in [1.29, 1.82) is 0 Å². The number of carbonyl (C=O) groups is 1. The zero-order chi connectivity index (χ0) is 23.5. The standard InChI is InChI=1S/C22H18Cl4N2O3S/c1-14-2-6-17(7-3-14)32(30,31)28(12-15-4-8-18(23)20(25)10-15)13-22(29)27-16-5-9-19(24)21(26)11-16/h2-11H,12-13H2,1H3,(H,27,29). The van der Waals surface area contributed by atoms with Crippen LogP contribution in [0.15, 0.2) is 65.6 Å². The summed E-state index contributed by atoms with van der Waals surface area (Å²) in [5, 5.41) is 3.89. The monoisotopic (exact) mass is 530 g/mol. The van der Waals surface area contributed by atoms with Crippen LogP contribution in [0.25, 0.3) is 0 Å². The van der Waals surface area contributed by atoms with Crippen LogP contribution in [0.3, 0.4) is 0 Å². The van der Waals surface area contributed by atoms with Crippen molar-refractivity contribution in [3.8, 4) is 0 Å². The van der Waals surface area contributed by atoms with Crippen LogP contribution in [0.2, 0.25) is 20.1 Å². The molecule has 0 heterocycles. The second kappa shape index (κ2) is 10.4. The minimum Gasteiger partial charge on any atom is -0.325 e. The van der Waals surface area contributed by atoms with Crippen LogP contribution in [0.5, 0.6) is 0 Å². The molecular formula is C22H18Cl4N2O3S. The molecule has 5 nitrogen and oxygen atoms in total. The van der Waals surface area contributed by atoms with E-state index >= 15 is 0 Å². The molecule has 32 heavy (non-hydrogen) atoms. The molecule has 0 unspecified atom stereocenters. The van der Waals surface area contributed by atoms with Crippen LogP contribution in [-0.2, 0) is 21.4 Å². The molecule has 0 radical (unpaired) electrons. The molecule has 0 aliphatic heterocycles. The largest absolute Gasteiger partial charge is 0.325 e. The van der Waals surface area contributed by atoms with Gasteiger partial charge in [-0.05, 0) is 55.0 Å². The van der Waals surface area contributed by atoms with Crippen LogP contribution >= 0.6 is 46.4 Å². The second-order valence-electron chi connectivity index (χ2n) is 7.01. The quantitative estimate of drug-likeness (QED) is 0.381. The number of amides is 1. The van der Waals surface area contributed by atoms with Crippen molar-refractivity contribution >= 4 is 68.0 Å². The van der Waals surface area contributed by atoms with Gasteiger partial charge in [-0.15, -0.1) is 0 Å². The number of aryl methyl sites for hydroxylation is 1. The Balaban J connectivity index is 1.89. The molecule has 0 fully saturated rings. The van der Waals surface area contributed by atoms with Gasteiger partial charge in [-0.25, -0.2) is 8.42 Å². The third-order valence-corrected chi connectivity index (χ3v) is 7.81. The summed E-state index contributed by atoms with van der Waals surface area (Å²) >= 11 is 23.9. The number of nitrogens with one attached hydrogen (secondary N) is 1. The van der Waals surface area contributed by atoms with Gasteiger partial charge in [0.2, 0.25) is 15.9 Å². The van der Waals surface area contributed by atoms with E-state index in [4.69, 9.17) is 46.4 Å². The maximum Gasteiger partial charge on any atom is 0.243 e. The molecule has 3 rings (SSSR count). The number of sulfonamides is 1. The highest BCUT2D eigenvalue weighted by molar-refractivity contribution is 7.89.